The lowest BCUT2D eigenvalue weighted by Gasteiger charge is -2.07. The van der Waals surface area contributed by atoms with Gasteiger partial charge >= 0.3 is 0 Å². The van der Waals surface area contributed by atoms with Crippen LogP contribution in [-0.4, -0.2) is 5.11 Å². The summed E-state index contributed by atoms with van der Waals surface area (Å²) in [4.78, 5) is 0. The maximum Gasteiger partial charge on any atom is 0.134 e. The molecule has 88 valence electrons. The van der Waals surface area contributed by atoms with E-state index in [1.165, 1.54) is 18.2 Å². The lowest BCUT2D eigenvalue weighted by molar-refractivity contribution is 0.475. The number of phenols is 1. The third-order valence-corrected chi connectivity index (χ3v) is 2.64. The summed E-state index contributed by atoms with van der Waals surface area (Å²) in [6.07, 6.45) is 0. The molecule has 2 nitrogen and oxygen atoms in total. The minimum absolute atomic E-state index is 0.0444. The zero-order valence-corrected chi connectivity index (χ0v) is 9.71. The summed E-state index contributed by atoms with van der Waals surface area (Å²) >= 11 is 5.77. The molecule has 0 fully saturated rings. The van der Waals surface area contributed by atoms with Crippen molar-refractivity contribution in [2.24, 2.45) is 0 Å². The number of phenolic OH excluding ortho intramolecular Hbond substituents is 1. The highest BCUT2D eigenvalue weighted by atomic mass is 35.5. The Morgan fingerprint density at radius 2 is 2.00 bits per heavy atom. The van der Waals surface area contributed by atoms with Crippen molar-refractivity contribution in [2.45, 2.75) is 6.54 Å². The summed E-state index contributed by atoms with van der Waals surface area (Å²) in [6, 6.07) is 11.2. The molecule has 2 rings (SSSR count). The van der Waals surface area contributed by atoms with E-state index in [1.807, 2.05) is 6.07 Å². The van der Waals surface area contributed by atoms with Crippen molar-refractivity contribution >= 4 is 17.3 Å². The van der Waals surface area contributed by atoms with Crippen molar-refractivity contribution in [3.05, 3.63) is 58.9 Å². The topological polar surface area (TPSA) is 32.3 Å². The average Bonchev–Trinajstić information content (AvgIpc) is 2.31. The molecule has 0 bridgehead atoms. The van der Waals surface area contributed by atoms with E-state index in [4.69, 9.17) is 11.6 Å². The maximum absolute atomic E-state index is 12.9. The van der Waals surface area contributed by atoms with Crippen LogP contribution >= 0.6 is 11.6 Å². The van der Waals surface area contributed by atoms with Crippen LogP contribution in [0.25, 0.3) is 0 Å². The van der Waals surface area contributed by atoms with Gasteiger partial charge in [0.15, 0.2) is 0 Å². The molecule has 0 amide bonds. The van der Waals surface area contributed by atoms with Gasteiger partial charge in [-0.3, -0.25) is 0 Å². The summed E-state index contributed by atoms with van der Waals surface area (Å²) in [5, 5.41) is 12.6. The quantitative estimate of drug-likeness (QED) is 0.814. The Balaban J connectivity index is 2.05. The van der Waals surface area contributed by atoms with Crippen LogP contribution in [0.3, 0.4) is 0 Å². The first-order valence-electron chi connectivity index (χ1n) is 5.12. The van der Waals surface area contributed by atoms with Crippen LogP contribution in [0.2, 0.25) is 5.02 Å². The van der Waals surface area contributed by atoms with Gasteiger partial charge in [-0.2, -0.15) is 0 Å². The van der Waals surface area contributed by atoms with Crippen molar-refractivity contribution < 1.29 is 9.50 Å². The van der Waals surface area contributed by atoms with Gasteiger partial charge in [0.05, 0.1) is 5.02 Å². The Labute approximate surface area is 104 Å². The second-order valence-corrected chi connectivity index (χ2v) is 4.06. The third-order valence-electron chi connectivity index (χ3n) is 2.33. The van der Waals surface area contributed by atoms with Crippen LogP contribution in [0.5, 0.6) is 5.75 Å². The fourth-order valence-electron chi connectivity index (χ4n) is 1.47. The van der Waals surface area contributed by atoms with Crippen molar-refractivity contribution in [1.82, 2.24) is 0 Å². The first kappa shape index (κ1) is 11.7. The molecule has 2 N–H and O–H groups in total. The summed E-state index contributed by atoms with van der Waals surface area (Å²) < 4.78 is 12.9. The summed E-state index contributed by atoms with van der Waals surface area (Å²) in [7, 11) is 0. The minimum atomic E-state index is -0.256. The van der Waals surface area contributed by atoms with Gasteiger partial charge in [-0.15, -0.1) is 0 Å². The third kappa shape index (κ3) is 3.11. The molecule has 0 aliphatic carbocycles. The fourth-order valence-corrected chi connectivity index (χ4v) is 1.65. The van der Waals surface area contributed by atoms with Crippen LogP contribution in [0.15, 0.2) is 42.5 Å². The van der Waals surface area contributed by atoms with Gasteiger partial charge in [0.1, 0.15) is 11.6 Å². The molecule has 0 atom stereocenters. The standard InChI is InChI=1S/C13H11ClFNO/c14-12-7-11(4-5-13(12)17)16-8-9-2-1-3-10(15)6-9/h1-7,16-17H,8H2. The zero-order valence-electron chi connectivity index (χ0n) is 8.95. The molecule has 0 saturated carbocycles. The van der Waals surface area contributed by atoms with Gasteiger partial charge in [-0.25, -0.2) is 4.39 Å². The van der Waals surface area contributed by atoms with Gasteiger partial charge in [0.25, 0.3) is 0 Å². The van der Waals surface area contributed by atoms with E-state index >= 15 is 0 Å². The molecule has 2 aromatic carbocycles. The number of hydrogen-bond donors (Lipinski definition) is 2. The van der Waals surface area contributed by atoms with E-state index in [1.54, 1.807) is 18.2 Å². The number of anilines is 1. The van der Waals surface area contributed by atoms with Crippen LogP contribution in [0, 0.1) is 5.82 Å². The Morgan fingerprint density at radius 1 is 1.18 bits per heavy atom. The van der Waals surface area contributed by atoms with E-state index in [0.29, 0.717) is 6.54 Å². The Morgan fingerprint density at radius 3 is 2.71 bits per heavy atom. The van der Waals surface area contributed by atoms with E-state index in [2.05, 4.69) is 5.32 Å². The molecule has 0 saturated heterocycles. The maximum atomic E-state index is 12.9. The first-order chi connectivity index (χ1) is 8.15. The van der Waals surface area contributed by atoms with E-state index in [0.717, 1.165) is 11.3 Å². The van der Waals surface area contributed by atoms with E-state index in [9.17, 15) is 9.50 Å². The van der Waals surface area contributed by atoms with E-state index in [-0.39, 0.29) is 16.6 Å². The molecule has 0 radical (unpaired) electrons. The van der Waals surface area contributed by atoms with Crippen molar-refractivity contribution in [3.63, 3.8) is 0 Å². The van der Waals surface area contributed by atoms with Gasteiger partial charge in [-0.1, -0.05) is 23.7 Å². The average molecular weight is 252 g/mol. The summed E-state index contributed by atoms with van der Waals surface area (Å²) in [6.45, 7) is 0.499. The Kier molecular flexibility index (Phi) is 3.49. The largest absolute Gasteiger partial charge is 0.506 e. The van der Waals surface area contributed by atoms with Crippen LogP contribution in [0.1, 0.15) is 5.56 Å². The molecular formula is C13H11ClFNO. The molecule has 0 aliphatic heterocycles. The normalized spacial score (nSPS) is 10.2. The van der Waals surface area contributed by atoms with Gasteiger partial charge in [0, 0.05) is 12.2 Å². The predicted molar refractivity (Wildman–Crippen MR) is 66.8 cm³/mol. The second kappa shape index (κ2) is 5.06. The van der Waals surface area contributed by atoms with Gasteiger partial charge in [-0.05, 0) is 35.9 Å². The molecule has 2 aromatic rings. The van der Waals surface area contributed by atoms with E-state index < -0.39 is 0 Å². The zero-order chi connectivity index (χ0) is 12.3. The fraction of sp³-hybridized carbons (Fsp3) is 0.0769. The summed E-state index contributed by atoms with van der Waals surface area (Å²) in [5.74, 6) is -0.212. The smallest absolute Gasteiger partial charge is 0.134 e. The molecule has 17 heavy (non-hydrogen) atoms. The Bertz CT molecular complexity index is 531. The monoisotopic (exact) mass is 251 g/mol. The van der Waals surface area contributed by atoms with Crippen LogP contribution in [0.4, 0.5) is 10.1 Å². The lowest BCUT2D eigenvalue weighted by atomic mass is 10.2. The Hall–Kier alpha value is -1.74. The molecule has 0 heterocycles. The van der Waals surface area contributed by atoms with Crippen molar-refractivity contribution in [3.8, 4) is 5.75 Å². The molecule has 0 unspecified atom stereocenters. The lowest BCUT2D eigenvalue weighted by Crippen LogP contribution is -1.99. The molecular weight excluding hydrogens is 241 g/mol. The molecule has 0 aromatic heterocycles. The van der Waals surface area contributed by atoms with Gasteiger partial charge in [0.2, 0.25) is 0 Å². The number of hydrogen-bond acceptors (Lipinski definition) is 2. The first-order valence-corrected chi connectivity index (χ1v) is 5.50. The number of nitrogens with one attached hydrogen (secondary N) is 1. The minimum Gasteiger partial charge on any atom is -0.506 e. The molecule has 0 aliphatic rings. The highest BCUT2D eigenvalue weighted by Gasteiger charge is 2.00. The second-order valence-electron chi connectivity index (χ2n) is 3.65. The highest BCUT2D eigenvalue weighted by Crippen LogP contribution is 2.26. The van der Waals surface area contributed by atoms with Crippen LogP contribution < -0.4 is 5.32 Å². The highest BCUT2D eigenvalue weighted by molar-refractivity contribution is 6.32. The molecule has 4 heteroatoms. The summed E-state index contributed by atoms with van der Waals surface area (Å²) in [5.41, 5.74) is 1.62. The molecule has 0 spiro atoms. The van der Waals surface area contributed by atoms with Crippen LogP contribution in [-0.2, 0) is 6.54 Å². The predicted octanol–water partition coefficient (Wildman–Crippen LogP) is 3.80. The van der Waals surface area contributed by atoms with Crippen molar-refractivity contribution in [1.29, 1.82) is 0 Å². The van der Waals surface area contributed by atoms with Gasteiger partial charge < -0.3 is 10.4 Å². The number of halogens is 2. The number of aromatic hydroxyl groups is 1. The van der Waals surface area contributed by atoms with Crippen molar-refractivity contribution in [2.75, 3.05) is 5.32 Å². The SMILES string of the molecule is Oc1ccc(NCc2cccc(F)c2)cc1Cl. The number of rotatable bonds is 3. The number of benzene rings is 2.